The zero-order chi connectivity index (χ0) is 23.3. The Balaban J connectivity index is 1.71. The van der Waals surface area contributed by atoms with Crippen molar-refractivity contribution in [1.29, 1.82) is 0 Å². The number of azo groups is 1. The van der Waals surface area contributed by atoms with Crippen LogP contribution in [0.1, 0.15) is 31.1 Å². The van der Waals surface area contributed by atoms with Gasteiger partial charge in [0.05, 0.1) is 27.4 Å². The average Bonchev–Trinajstić information content (AvgIpc) is 2.78. The average molecular weight is 434 g/mol. The Bertz CT molecular complexity index is 1200. The minimum Gasteiger partial charge on any atom is -0.478 e. The number of carbonyl (C=O) groups excluding carboxylic acids is 1. The fourth-order valence-electron chi connectivity index (χ4n) is 2.58. The molecule has 0 unspecified atom stereocenters. The summed E-state index contributed by atoms with van der Waals surface area (Å²) in [5.74, 6) is -3.40. The molecule has 1 amide bonds. The monoisotopic (exact) mass is 434 g/mol. The van der Waals surface area contributed by atoms with E-state index in [1.54, 1.807) is 12.1 Å². The summed E-state index contributed by atoms with van der Waals surface area (Å²) in [6.07, 6.45) is 0. The maximum absolute atomic E-state index is 12.4. The highest BCUT2D eigenvalue weighted by Crippen LogP contribution is 2.23. The highest BCUT2D eigenvalue weighted by molar-refractivity contribution is 6.07. The Morgan fingerprint density at radius 1 is 0.750 bits per heavy atom. The molecule has 160 valence electrons. The Morgan fingerprint density at radius 2 is 1.19 bits per heavy atom. The van der Waals surface area contributed by atoms with Crippen LogP contribution in [0.2, 0.25) is 0 Å². The van der Waals surface area contributed by atoms with Gasteiger partial charge >= 0.3 is 11.9 Å². The number of nitro groups is 1. The van der Waals surface area contributed by atoms with E-state index in [9.17, 15) is 24.5 Å². The number of carboxylic acids is 2. The van der Waals surface area contributed by atoms with E-state index in [0.29, 0.717) is 17.1 Å². The van der Waals surface area contributed by atoms with Crippen LogP contribution >= 0.6 is 0 Å². The molecule has 32 heavy (non-hydrogen) atoms. The lowest BCUT2D eigenvalue weighted by atomic mass is 10.0. The first-order valence-corrected chi connectivity index (χ1v) is 8.92. The molecule has 0 saturated carbocycles. The number of hydrogen-bond acceptors (Lipinski definition) is 7. The van der Waals surface area contributed by atoms with E-state index >= 15 is 0 Å². The number of nitrogens with one attached hydrogen (secondary N) is 1. The number of aromatic carboxylic acids is 2. The molecular formula is C21H14N4O7. The van der Waals surface area contributed by atoms with Crippen LogP contribution in [0.15, 0.2) is 77.0 Å². The number of nitro benzene ring substituents is 1. The van der Waals surface area contributed by atoms with Gasteiger partial charge in [0.25, 0.3) is 11.6 Å². The van der Waals surface area contributed by atoms with Crippen molar-refractivity contribution in [3.63, 3.8) is 0 Å². The normalized spacial score (nSPS) is 10.6. The number of amides is 1. The Labute approximate surface area is 179 Å². The number of benzene rings is 3. The summed E-state index contributed by atoms with van der Waals surface area (Å²) in [6, 6.07) is 14.8. The lowest BCUT2D eigenvalue weighted by molar-refractivity contribution is -0.384. The molecule has 0 bridgehead atoms. The topological polar surface area (TPSA) is 172 Å². The summed E-state index contributed by atoms with van der Waals surface area (Å²) < 4.78 is 0. The fraction of sp³-hybridized carbons (Fsp3) is 0. The maximum atomic E-state index is 12.4. The lowest BCUT2D eigenvalue weighted by Crippen LogP contribution is -2.14. The van der Waals surface area contributed by atoms with Gasteiger partial charge in [0, 0.05) is 23.4 Å². The first-order valence-electron chi connectivity index (χ1n) is 8.92. The summed E-state index contributed by atoms with van der Waals surface area (Å²) in [5.41, 5.74) is 0.400. The molecule has 3 aromatic rings. The van der Waals surface area contributed by atoms with Gasteiger partial charge in [-0.15, -0.1) is 0 Å². The van der Waals surface area contributed by atoms with Crippen LogP contribution < -0.4 is 5.32 Å². The number of hydrogen-bond donors (Lipinski definition) is 3. The van der Waals surface area contributed by atoms with Crippen molar-refractivity contribution in [2.75, 3.05) is 5.32 Å². The molecule has 0 aliphatic rings. The second-order valence-corrected chi connectivity index (χ2v) is 6.38. The van der Waals surface area contributed by atoms with Crippen molar-refractivity contribution >= 4 is 40.6 Å². The van der Waals surface area contributed by atoms with Gasteiger partial charge in [0.15, 0.2) is 0 Å². The van der Waals surface area contributed by atoms with Crippen LogP contribution in [0.25, 0.3) is 0 Å². The third-order valence-electron chi connectivity index (χ3n) is 4.16. The van der Waals surface area contributed by atoms with Crippen LogP contribution in [0.4, 0.5) is 22.7 Å². The van der Waals surface area contributed by atoms with Crippen molar-refractivity contribution in [3.8, 4) is 0 Å². The van der Waals surface area contributed by atoms with Gasteiger partial charge in [-0.05, 0) is 54.6 Å². The van der Waals surface area contributed by atoms with Crippen molar-refractivity contribution in [2.24, 2.45) is 10.2 Å². The second-order valence-electron chi connectivity index (χ2n) is 6.38. The first kappa shape index (κ1) is 21.8. The Hall–Kier alpha value is -4.93. The van der Waals surface area contributed by atoms with Crippen molar-refractivity contribution < 1.29 is 29.5 Å². The SMILES string of the molecule is O=C(O)c1cc(C(=O)O)cc(C(=O)Nc2ccc(N=Nc3ccc([N+](=O)[O-])cc3)cc2)c1. The van der Waals surface area contributed by atoms with Gasteiger partial charge < -0.3 is 15.5 Å². The van der Waals surface area contributed by atoms with Crippen LogP contribution in [0, 0.1) is 10.1 Å². The van der Waals surface area contributed by atoms with Crippen LogP contribution in [0.3, 0.4) is 0 Å². The van der Waals surface area contributed by atoms with Crippen LogP contribution in [0.5, 0.6) is 0 Å². The summed E-state index contributed by atoms with van der Waals surface area (Å²) in [6.45, 7) is 0. The molecular weight excluding hydrogens is 420 g/mol. The number of anilines is 1. The highest BCUT2D eigenvalue weighted by atomic mass is 16.6. The number of rotatable bonds is 7. The molecule has 11 heteroatoms. The van der Waals surface area contributed by atoms with Crippen molar-refractivity contribution in [1.82, 2.24) is 0 Å². The van der Waals surface area contributed by atoms with Gasteiger partial charge in [-0.1, -0.05) is 0 Å². The van der Waals surface area contributed by atoms with E-state index in [0.717, 1.165) is 18.2 Å². The van der Waals surface area contributed by atoms with Gasteiger partial charge in [0.2, 0.25) is 0 Å². The Kier molecular flexibility index (Phi) is 6.30. The fourth-order valence-corrected chi connectivity index (χ4v) is 2.58. The molecule has 0 atom stereocenters. The van der Waals surface area contributed by atoms with Crippen LogP contribution in [-0.4, -0.2) is 33.0 Å². The highest BCUT2D eigenvalue weighted by Gasteiger charge is 2.15. The van der Waals surface area contributed by atoms with E-state index in [2.05, 4.69) is 15.5 Å². The second kappa shape index (κ2) is 9.26. The Morgan fingerprint density at radius 3 is 1.62 bits per heavy atom. The molecule has 0 radical (unpaired) electrons. The zero-order valence-electron chi connectivity index (χ0n) is 16.1. The van der Waals surface area contributed by atoms with E-state index in [1.807, 2.05) is 0 Å². The third-order valence-corrected chi connectivity index (χ3v) is 4.16. The van der Waals surface area contributed by atoms with E-state index in [-0.39, 0.29) is 22.4 Å². The molecule has 0 aromatic heterocycles. The van der Waals surface area contributed by atoms with Gasteiger partial charge in [-0.2, -0.15) is 10.2 Å². The smallest absolute Gasteiger partial charge is 0.335 e. The predicted octanol–water partition coefficient (Wildman–Crippen LogP) is 4.66. The van der Waals surface area contributed by atoms with Crippen molar-refractivity contribution in [2.45, 2.75) is 0 Å². The summed E-state index contributed by atoms with van der Waals surface area (Å²) >= 11 is 0. The summed E-state index contributed by atoms with van der Waals surface area (Å²) in [5, 5.41) is 39.4. The van der Waals surface area contributed by atoms with Gasteiger partial charge in [-0.25, -0.2) is 9.59 Å². The molecule has 0 aliphatic carbocycles. The first-order chi connectivity index (χ1) is 15.2. The molecule has 0 fully saturated rings. The molecule has 3 N–H and O–H groups in total. The molecule has 3 aromatic carbocycles. The number of carboxylic acid groups (broad SMARTS) is 2. The molecule has 0 aliphatic heterocycles. The van der Waals surface area contributed by atoms with E-state index in [1.165, 1.54) is 36.4 Å². The third kappa shape index (κ3) is 5.36. The summed E-state index contributed by atoms with van der Waals surface area (Å²) in [4.78, 5) is 44.9. The lowest BCUT2D eigenvalue weighted by Gasteiger charge is -2.07. The van der Waals surface area contributed by atoms with Gasteiger partial charge in [-0.3, -0.25) is 14.9 Å². The summed E-state index contributed by atoms with van der Waals surface area (Å²) in [7, 11) is 0. The zero-order valence-corrected chi connectivity index (χ0v) is 16.1. The molecule has 11 nitrogen and oxygen atoms in total. The molecule has 0 spiro atoms. The number of nitrogens with zero attached hydrogens (tertiary/aromatic N) is 3. The van der Waals surface area contributed by atoms with Gasteiger partial charge in [0.1, 0.15) is 0 Å². The largest absolute Gasteiger partial charge is 0.478 e. The predicted molar refractivity (Wildman–Crippen MR) is 112 cm³/mol. The standard InChI is InChI=1S/C21H14N4O7/c26-19(12-9-13(20(27)28)11-14(10-12)21(29)30)22-15-1-3-16(4-2-15)23-24-17-5-7-18(8-6-17)25(31)32/h1-11H,(H,22,26)(H,27,28)(H,29,30). The van der Waals surface area contributed by atoms with E-state index in [4.69, 9.17) is 10.2 Å². The minimum atomic E-state index is -1.36. The molecule has 3 rings (SSSR count). The molecule has 0 heterocycles. The quantitative estimate of drug-likeness (QED) is 0.275. The van der Waals surface area contributed by atoms with E-state index < -0.39 is 22.8 Å². The maximum Gasteiger partial charge on any atom is 0.335 e. The van der Waals surface area contributed by atoms with Crippen molar-refractivity contribution in [3.05, 3.63) is 93.5 Å². The minimum absolute atomic E-state index is 0.0617. The molecule has 0 saturated heterocycles. The van der Waals surface area contributed by atoms with Crippen LogP contribution in [-0.2, 0) is 0 Å². The number of non-ortho nitro benzene ring substituents is 1. The number of carbonyl (C=O) groups is 3.